The van der Waals surface area contributed by atoms with Gasteiger partial charge in [0.25, 0.3) is 15.9 Å². The number of nitrogens with zero attached hydrogens (tertiary/aromatic N) is 2. The highest BCUT2D eigenvalue weighted by atomic mass is 32.2. The maximum absolute atomic E-state index is 12.8. The molecule has 7 nitrogen and oxygen atoms in total. The zero-order valence-electron chi connectivity index (χ0n) is 17.3. The van der Waals surface area contributed by atoms with Gasteiger partial charge < -0.3 is 14.6 Å². The average Bonchev–Trinajstić information content (AvgIpc) is 3.32. The fourth-order valence-corrected chi connectivity index (χ4v) is 5.09. The van der Waals surface area contributed by atoms with Crippen LogP contribution in [-0.4, -0.2) is 38.8 Å². The summed E-state index contributed by atoms with van der Waals surface area (Å²) in [6.07, 6.45) is 2.69. The van der Waals surface area contributed by atoms with E-state index in [0.717, 1.165) is 30.6 Å². The third-order valence-corrected chi connectivity index (χ3v) is 7.14. The molecule has 3 aromatic rings. The predicted molar refractivity (Wildman–Crippen MR) is 120 cm³/mol. The number of anilines is 3. The van der Waals surface area contributed by atoms with Gasteiger partial charge in [0.05, 0.1) is 11.4 Å². The molecule has 4 rings (SSSR count). The summed E-state index contributed by atoms with van der Waals surface area (Å²) >= 11 is 0. The Morgan fingerprint density at radius 2 is 1.61 bits per heavy atom. The minimum absolute atomic E-state index is 0.0484. The van der Waals surface area contributed by atoms with E-state index in [1.807, 2.05) is 60.5 Å². The van der Waals surface area contributed by atoms with Crippen LogP contribution in [0.3, 0.4) is 0 Å². The fourth-order valence-electron chi connectivity index (χ4n) is 3.66. The minimum Gasteiger partial charge on any atom is -0.438 e. The zero-order valence-corrected chi connectivity index (χ0v) is 18.1. The summed E-state index contributed by atoms with van der Waals surface area (Å²) in [5.41, 5.74) is 2.36. The van der Waals surface area contributed by atoms with Gasteiger partial charge >= 0.3 is 0 Å². The quantitative estimate of drug-likeness (QED) is 0.613. The molecule has 1 aromatic heterocycles. The van der Waals surface area contributed by atoms with E-state index < -0.39 is 15.9 Å². The summed E-state index contributed by atoms with van der Waals surface area (Å²) in [4.78, 5) is 14.8. The number of hydrogen-bond acceptors (Lipinski definition) is 5. The van der Waals surface area contributed by atoms with Crippen molar-refractivity contribution < 1.29 is 17.6 Å². The molecule has 0 atom stereocenters. The molecule has 0 unspecified atom stereocenters. The Kier molecular flexibility index (Phi) is 6.11. The first-order valence-corrected chi connectivity index (χ1v) is 11.7. The molecular weight excluding hydrogens is 414 g/mol. The molecule has 1 N–H and O–H groups in total. The van der Waals surface area contributed by atoms with Gasteiger partial charge in [-0.15, -0.1) is 0 Å². The average molecular weight is 440 g/mol. The fraction of sp³-hybridized carbons (Fsp3) is 0.261. The normalized spacial score (nSPS) is 14.9. The molecule has 0 saturated carbocycles. The highest BCUT2D eigenvalue weighted by Gasteiger charge is 2.29. The molecule has 8 heteroatoms. The van der Waals surface area contributed by atoms with Gasteiger partial charge in [0.15, 0.2) is 5.76 Å². The van der Waals surface area contributed by atoms with Crippen LogP contribution in [0.2, 0.25) is 0 Å². The van der Waals surface area contributed by atoms with E-state index in [0.29, 0.717) is 18.8 Å². The first-order chi connectivity index (χ1) is 15.0. The molecule has 0 spiro atoms. The third kappa shape index (κ3) is 4.50. The Morgan fingerprint density at radius 3 is 2.35 bits per heavy atom. The van der Waals surface area contributed by atoms with Crippen LogP contribution in [-0.2, 0) is 10.0 Å². The van der Waals surface area contributed by atoms with Crippen LogP contribution in [0.5, 0.6) is 0 Å². The summed E-state index contributed by atoms with van der Waals surface area (Å²) in [5, 5.41) is 2.64. The van der Waals surface area contributed by atoms with E-state index in [4.69, 9.17) is 4.42 Å². The molecule has 31 heavy (non-hydrogen) atoms. The molecular formula is C23H25N3O4S. The van der Waals surface area contributed by atoms with Crippen molar-refractivity contribution in [1.82, 2.24) is 4.31 Å². The molecule has 1 saturated heterocycles. The number of sulfonamides is 1. The van der Waals surface area contributed by atoms with E-state index in [1.54, 1.807) is 6.07 Å². The van der Waals surface area contributed by atoms with Crippen LogP contribution >= 0.6 is 0 Å². The van der Waals surface area contributed by atoms with Gasteiger partial charge in [0.2, 0.25) is 5.09 Å². The highest BCUT2D eigenvalue weighted by Crippen LogP contribution is 2.31. The highest BCUT2D eigenvalue weighted by molar-refractivity contribution is 7.89. The zero-order chi connectivity index (χ0) is 21.8. The summed E-state index contributed by atoms with van der Waals surface area (Å²) in [6.45, 7) is 0.952. The SMILES string of the molecule is CN(c1ccccc1)c1ccccc1NC(=O)c1ccc(S(=O)(=O)N2CCCCC2)o1. The van der Waals surface area contributed by atoms with Crippen molar-refractivity contribution in [3.63, 3.8) is 0 Å². The van der Waals surface area contributed by atoms with Crippen molar-refractivity contribution in [3.05, 3.63) is 72.5 Å². The number of hydrogen-bond donors (Lipinski definition) is 1. The maximum Gasteiger partial charge on any atom is 0.291 e. The van der Waals surface area contributed by atoms with E-state index in [2.05, 4.69) is 5.32 Å². The number of piperidine rings is 1. The monoisotopic (exact) mass is 439 g/mol. The number of carbonyl (C=O) groups excluding carboxylic acids is 1. The molecule has 2 heterocycles. The van der Waals surface area contributed by atoms with Crippen LogP contribution in [0.25, 0.3) is 0 Å². The smallest absolute Gasteiger partial charge is 0.291 e. The summed E-state index contributed by atoms with van der Waals surface area (Å²) < 4.78 is 32.4. The van der Waals surface area contributed by atoms with Gasteiger partial charge in [-0.2, -0.15) is 4.31 Å². The summed E-state index contributed by atoms with van der Waals surface area (Å²) in [6, 6.07) is 19.9. The molecule has 0 radical (unpaired) electrons. The minimum atomic E-state index is -3.73. The molecule has 0 bridgehead atoms. The largest absolute Gasteiger partial charge is 0.438 e. The van der Waals surface area contributed by atoms with Crippen molar-refractivity contribution in [1.29, 1.82) is 0 Å². The van der Waals surface area contributed by atoms with E-state index in [9.17, 15) is 13.2 Å². The first kappa shape index (κ1) is 21.1. The van der Waals surface area contributed by atoms with E-state index in [1.165, 1.54) is 16.4 Å². The Morgan fingerprint density at radius 1 is 0.935 bits per heavy atom. The molecule has 1 amide bonds. The van der Waals surface area contributed by atoms with Crippen molar-refractivity contribution in [2.24, 2.45) is 0 Å². The number of rotatable bonds is 6. The topological polar surface area (TPSA) is 82.9 Å². The Balaban J connectivity index is 1.54. The van der Waals surface area contributed by atoms with Crippen molar-refractivity contribution >= 4 is 33.0 Å². The lowest BCUT2D eigenvalue weighted by Gasteiger charge is -2.24. The summed E-state index contributed by atoms with van der Waals surface area (Å²) in [7, 11) is -1.81. The standard InChI is InChI=1S/C23H25N3O4S/c1-25(18-10-4-2-5-11-18)20-13-7-6-12-19(20)24-23(27)21-14-15-22(30-21)31(28,29)26-16-8-3-9-17-26/h2,4-7,10-15H,3,8-9,16-17H2,1H3,(H,24,27). The molecule has 162 valence electrons. The number of amides is 1. The van der Waals surface area contributed by atoms with Gasteiger partial charge in [-0.1, -0.05) is 36.8 Å². The Bertz CT molecular complexity index is 1150. The second kappa shape index (κ2) is 8.95. The lowest BCUT2D eigenvalue weighted by Crippen LogP contribution is -2.35. The number of carbonyl (C=O) groups is 1. The Hall–Kier alpha value is -3.10. The lowest BCUT2D eigenvalue weighted by molar-refractivity contribution is 0.0991. The number of nitrogens with one attached hydrogen (secondary N) is 1. The molecule has 0 aliphatic carbocycles. The molecule has 2 aromatic carbocycles. The van der Waals surface area contributed by atoms with Gasteiger partial charge in [-0.25, -0.2) is 8.42 Å². The van der Waals surface area contributed by atoms with Gasteiger partial charge in [-0.3, -0.25) is 4.79 Å². The second-order valence-corrected chi connectivity index (χ2v) is 9.32. The number of para-hydroxylation sites is 3. The van der Waals surface area contributed by atoms with Gasteiger partial charge in [0, 0.05) is 25.8 Å². The first-order valence-electron chi connectivity index (χ1n) is 10.3. The van der Waals surface area contributed by atoms with Crippen LogP contribution in [0, 0.1) is 0 Å². The third-order valence-electron chi connectivity index (χ3n) is 5.37. The molecule has 1 aliphatic rings. The van der Waals surface area contributed by atoms with Crippen molar-refractivity contribution in [2.75, 3.05) is 30.4 Å². The van der Waals surface area contributed by atoms with Crippen LogP contribution in [0.15, 0.2) is 76.2 Å². The Labute approximate surface area is 182 Å². The van der Waals surface area contributed by atoms with E-state index >= 15 is 0 Å². The van der Waals surface area contributed by atoms with E-state index in [-0.39, 0.29) is 10.9 Å². The lowest BCUT2D eigenvalue weighted by atomic mass is 10.2. The van der Waals surface area contributed by atoms with Crippen LogP contribution in [0.1, 0.15) is 29.8 Å². The molecule has 1 aliphatic heterocycles. The number of benzene rings is 2. The van der Waals surface area contributed by atoms with Crippen molar-refractivity contribution in [3.8, 4) is 0 Å². The maximum atomic E-state index is 12.8. The van der Waals surface area contributed by atoms with Crippen LogP contribution in [0.4, 0.5) is 17.1 Å². The van der Waals surface area contributed by atoms with Crippen LogP contribution < -0.4 is 10.2 Å². The van der Waals surface area contributed by atoms with Crippen molar-refractivity contribution in [2.45, 2.75) is 24.4 Å². The summed E-state index contributed by atoms with van der Waals surface area (Å²) in [5.74, 6) is -0.554. The second-order valence-electron chi connectivity index (χ2n) is 7.45. The number of furan rings is 1. The van der Waals surface area contributed by atoms with Gasteiger partial charge in [0.1, 0.15) is 0 Å². The van der Waals surface area contributed by atoms with Gasteiger partial charge in [-0.05, 0) is 49.2 Å². The molecule has 1 fully saturated rings. The predicted octanol–water partition coefficient (Wildman–Crippen LogP) is 4.47.